The van der Waals surface area contributed by atoms with E-state index in [0.29, 0.717) is 23.0 Å². The lowest BCUT2D eigenvalue weighted by Crippen LogP contribution is -2.33. The molecule has 3 N–H and O–H groups in total. The van der Waals surface area contributed by atoms with Gasteiger partial charge in [-0.2, -0.15) is 0 Å². The molecule has 3 rings (SSSR count). The summed E-state index contributed by atoms with van der Waals surface area (Å²) < 4.78 is 1.64. The number of H-pyrrole nitrogens is 1. The number of benzene rings is 2. The van der Waals surface area contributed by atoms with Crippen molar-refractivity contribution >= 4 is 40.6 Å². The van der Waals surface area contributed by atoms with E-state index < -0.39 is 5.91 Å². The molecule has 0 aliphatic rings. The number of hydrogen-bond donors (Lipinski definition) is 3. The van der Waals surface area contributed by atoms with E-state index in [9.17, 15) is 14.4 Å². The van der Waals surface area contributed by atoms with Crippen LogP contribution in [0.1, 0.15) is 27.0 Å². The molecule has 7 nitrogen and oxygen atoms in total. The number of nitrogens with one attached hydrogen (secondary N) is 3. The number of rotatable bonds is 6. The lowest BCUT2D eigenvalue weighted by molar-refractivity contribution is -0.115. The van der Waals surface area contributed by atoms with Crippen LogP contribution in [-0.2, 0) is 11.3 Å². The number of amides is 2. The third kappa shape index (κ3) is 4.80. The Kier molecular flexibility index (Phi) is 6.50. The highest BCUT2D eigenvalue weighted by atomic mass is 32.1. The molecular formula is C23H24N4O3S. The Morgan fingerprint density at radius 1 is 1.16 bits per heavy atom. The number of aryl methyl sites for hydroxylation is 3. The zero-order valence-electron chi connectivity index (χ0n) is 17.7. The molecule has 0 bridgehead atoms. The summed E-state index contributed by atoms with van der Waals surface area (Å²) in [5, 5.41) is 5.87. The molecule has 160 valence electrons. The number of carbonyl (C=O) groups is 2. The maximum Gasteiger partial charge on any atom is 0.262 e. The van der Waals surface area contributed by atoms with E-state index in [1.165, 1.54) is 4.57 Å². The topological polar surface area (TPSA) is 96.0 Å². The van der Waals surface area contributed by atoms with E-state index in [-0.39, 0.29) is 22.8 Å². The summed E-state index contributed by atoms with van der Waals surface area (Å²) >= 11 is 5.22. The number of carbonyl (C=O) groups excluding carboxylic acids is 2. The normalized spacial score (nSPS) is 10.7. The molecule has 2 aromatic carbocycles. The van der Waals surface area contributed by atoms with Crippen molar-refractivity contribution in [2.75, 3.05) is 11.9 Å². The van der Waals surface area contributed by atoms with Gasteiger partial charge in [-0.05, 0) is 62.3 Å². The van der Waals surface area contributed by atoms with Crippen LogP contribution in [0.15, 0.2) is 47.8 Å². The van der Waals surface area contributed by atoms with E-state index in [1.54, 1.807) is 24.3 Å². The Labute approximate surface area is 184 Å². The minimum atomic E-state index is -0.427. The Morgan fingerprint density at radius 2 is 1.84 bits per heavy atom. The van der Waals surface area contributed by atoms with Crippen LogP contribution >= 0.6 is 12.2 Å². The second kappa shape index (κ2) is 9.09. The second-order valence-electron chi connectivity index (χ2n) is 7.40. The number of nitrogens with zero attached hydrogens (tertiary/aromatic N) is 1. The Balaban J connectivity index is 1.74. The van der Waals surface area contributed by atoms with Crippen molar-refractivity contribution < 1.29 is 9.59 Å². The fraction of sp³-hybridized carbons (Fsp3) is 0.217. The highest BCUT2D eigenvalue weighted by molar-refractivity contribution is 7.71. The van der Waals surface area contributed by atoms with Crippen LogP contribution in [0, 0.1) is 25.5 Å². The molecule has 0 aliphatic carbocycles. The summed E-state index contributed by atoms with van der Waals surface area (Å²) in [5.41, 5.74) is 4.31. The quantitative estimate of drug-likeness (QED) is 0.407. The van der Waals surface area contributed by atoms with Gasteiger partial charge < -0.3 is 15.6 Å². The minimum absolute atomic E-state index is 0.180. The van der Waals surface area contributed by atoms with Gasteiger partial charge in [0.05, 0.1) is 17.4 Å². The van der Waals surface area contributed by atoms with Crippen molar-refractivity contribution in [1.82, 2.24) is 14.9 Å². The Bertz CT molecular complexity index is 1300. The van der Waals surface area contributed by atoms with Crippen molar-refractivity contribution in [1.29, 1.82) is 0 Å². The van der Waals surface area contributed by atoms with Crippen LogP contribution in [0.2, 0.25) is 0 Å². The van der Waals surface area contributed by atoms with Crippen molar-refractivity contribution in [3.05, 3.63) is 80.4 Å². The molecule has 1 aromatic heterocycles. The van der Waals surface area contributed by atoms with Gasteiger partial charge in [0, 0.05) is 17.8 Å². The predicted molar refractivity (Wildman–Crippen MR) is 125 cm³/mol. The van der Waals surface area contributed by atoms with Gasteiger partial charge in [0.25, 0.3) is 11.5 Å². The molecule has 1 heterocycles. The summed E-state index contributed by atoms with van der Waals surface area (Å²) in [6, 6.07) is 8.63. The fourth-order valence-corrected chi connectivity index (χ4v) is 3.78. The third-order valence-corrected chi connectivity index (χ3v) is 5.23. The van der Waals surface area contributed by atoms with Gasteiger partial charge in [0.15, 0.2) is 4.77 Å². The Morgan fingerprint density at radius 3 is 2.48 bits per heavy atom. The van der Waals surface area contributed by atoms with Gasteiger partial charge in [-0.15, -0.1) is 6.58 Å². The lowest BCUT2D eigenvalue weighted by Gasteiger charge is -2.13. The third-order valence-electron chi connectivity index (χ3n) is 4.91. The van der Waals surface area contributed by atoms with Crippen molar-refractivity contribution in [2.45, 2.75) is 27.3 Å². The largest absolute Gasteiger partial charge is 0.343 e. The van der Waals surface area contributed by atoms with E-state index in [4.69, 9.17) is 12.2 Å². The number of hydrogen-bond acceptors (Lipinski definition) is 4. The first-order valence-electron chi connectivity index (χ1n) is 9.75. The summed E-state index contributed by atoms with van der Waals surface area (Å²) in [6.45, 7) is 9.59. The molecule has 2 amide bonds. The van der Waals surface area contributed by atoms with Crippen LogP contribution in [0.4, 0.5) is 5.69 Å². The highest BCUT2D eigenvalue weighted by Gasteiger charge is 2.13. The van der Waals surface area contributed by atoms with E-state index >= 15 is 0 Å². The number of anilines is 1. The number of aromatic amines is 1. The molecule has 0 unspecified atom stereocenters. The maximum atomic E-state index is 12.6. The number of aromatic nitrogens is 2. The average Bonchev–Trinajstić information content (AvgIpc) is 2.71. The zero-order valence-corrected chi connectivity index (χ0v) is 18.5. The van der Waals surface area contributed by atoms with E-state index in [0.717, 1.165) is 22.4 Å². The predicted octanol–water partition coefficient (Wildman–Crippen LogP) is 3.54. The molecule has 31 heavy (non-hydrogen) atoms. The molecule has 0 saturated heterocycles. The molecule has 3 aromatic rings. The first-order valence-corrected chi connectivity index (χ1v) is 10.2. The van der Waals surface area contributed by atoms with E-state index in [2.05, 4.69) is 22.2 Å². The molecule has 0 aliphatic heterocycles. The monoisotopic (exact) mass is 436 g/mol. The summed E-state index contributed by atoms with van der Waals surface area (Å²) in [6.07, 6.45) is 1.59. The van der Waals surface area contributed by atoms with Crippen molar-refractivity contribution in [2.24, 2.45) is 0 Å². The summed E-state index contributed by atoms with van der Waals surface area (Å²) in [7, 11) is 0. The molecule has 8 heteroatoms. The van der Waals surface area contributed by atoms with Gasteiger partial charge in [0.2, 0.25) is 5.91 Å². The molecule has 0 fully saturated rings. The van der Waals surface area contributed by atoms with Gasteiger partial charge in [-0.3, -0.25) is 19.0 Å². The standard InChI is InChI=1S/C23H24N4O3S/c1-5-8-27-22(30)17-7-6-16(11-18(17)25-23(27)31)21(29)24-12-19(28)26-20-14(3)9-13(2)10-15(20)4/h5-7,9-11H,1,8,12H2,2-4H3,(H,24,29)(H,25,31)(H,26,28). The second-order valence-corrected chi connectivity index (χ2v) is 7.79. The molecule has 0 spiro atoms. The van der Waals surface area contributed by atoms with Crippen LogP contribution < -0.4 is 16.2 Å². The highest BCUT2D eigenvalue weighted by Crippen LogP contribution is 2.21. The van der Waals surface area contributed by atoms with Crippen molar-refractivity contribution in [3.63, 3.8) is 0 Å². The van der Waals surface area contributed by atoms with Gasteiger partial charge >= 0.3 is 0 Å². The van der Waals surface area contributed by atoms with Gasteiger partial charge in [0.1, 0.15) is 0 Å². The van der Waals surface area contributed by atoms with Crippen LogP contribution in [-0.4, -0.2) is 27.9 Å². The van der Waals surface area contributed by atoms with Gasteiger partial charge in [-0.1, -0.05) is 23.8 Å². The van der Waals surface area contributed by atoms with Gasteiger partial charge in [-0.25, -0.2) is 0 Å². The number of allylic oxidation sites excluding steroid dienone is 1. The zero-order chi connectivity index (χ0) is 22.7. The molecule has 0 radical (unpaired) electrons. The van der Waals surface area contributed by atoms with Crippen molar-refractivity contribution in [3.8, 4) is 0 Å². The van der Waals surface area contributed by atoms with Crippen LogP contribution in [0.25, 0.3) is 10.9 Å². The average molecular weight is 437 g/mol. The fourth-order valence-electron chi connectivity index (χ4n) is 3.51. The molecular weight excluding hydrogens is 412 g/mol. The SMILES string of the molecule is C=CCn1c(=S)[nH]c2cc(C(=O)NCC(=O)Nc3c(C)cc(C)cc3C)ccc2c1=O. The summed E-state index contributed by atoms with van der Waals surface area (Å²) in [4.78, 5) is 40.4. The maximum absolute atomic E-state index is 12.6. The van der Waals surface area contributed by atoms with Crippen LogP contribution in [0.3, 0.4) is 0 Å². The first kappa shape index (κ1) is 22.2. The molecule has 0 atom stereocenters. The first-order chi connectivity index (χ1) is 14.7. The number of fused-ring (bicyclic) bond motifs is 1. The smallest absolute Gasteiger partial charge is 0.262 e. The summed E-state index contributed by atoms with van der Waals surface area (Å²) in [5.74, 6) is -0.750. The minimum Gasteiger partial charge on any atom is -0.343 e. The lowest BCUT2D eigenvalue weighted by atomic mass is 10.1. The van der Waals surface area contributed by atoms with E-state index in [1.807, 2.05) is 32.9 Å². The Hall–Kier alpha value is -3.52. The molecule has 0 saturated carbocycles. The van der Waals surface area contributed by atoms with Crippen LogP contribution in [0.5, 0.6) is 0 Å².